The van der Waals surface area contributed by atoms with E-state index >= 15 is 0 Å². The van der Waals surface area contributed by atoms with Crippen LogP contribution in [0.2, 0.25) is 0 Å². The van der Waals surface area contributed by atoms with E-state index < -0.39 is 0 Å². The molecule has 17 heavy (non-hydrogen) atoms. The second kappa shape index (κ2) is 7.28. The second-order valence-corrected chi connectivity index (χ2v) is 4.36. The quantitative estimate of drug-likeness (QED) is 0.785. The average molecular weight is 238 g/mol. The molecule has 1 rings (SSSR count). The second-order valence-electron chi connectivity index (χ2n) is 4.36. The molecule has 2 nitrogen and oxygen atoms in total. The molecule has 1 aromatic rings. The lowest BCUT2D eigenvalue weighted by Crippen LogP contribution is -2.27. The lowest BCUT2D eigenvalue weighted by Gasteiger charge is -2.24. The SMILES string of the molecule is CCN(CCCC(C)NC)c1ccccc1F. The van der Waals surface area contributed by atoms with Gasteiger partial charge in [-0.2, -0.15) is 0 Å². The van der Waals surface area contributed by atoms with Gasteiger partial charge in [0.1, 0.15) is 5.82 Å². The summed E-state index contributed by atoms with van der Waals surface area (Å²) in [5.41, 5.74) is 0.715. The predicted molar refractivity (Wildman–Crippen MR) is 72.0 cm³/mol. The van der Waals surface area contributed by atoms with Gasteiger partial charge in [0.2, 0.25) is 0 Å². The molecule has 1 atom stereocenters. The molecule has 0 aromatic heterocycles. The fraction of sp³-hybridized carbons (Fsp3) is 0.571. The maximum absolute atomic E-state index is 13.6. The minimum Gasteiger partial charge on any atom is -0.369 e. The Kier molecular flexibility index (Phi) is 5.98. The molecular weight excluding hydrogens is 215 g/mol. The minimum absolute atomic E-state index is 0.129. The Morgan fingerprint density at radius 1 is 1.35 bits per heavy atom. The zero-order valence-electron chi connectivity index (χ0n) is 11.0. The molecule has 96 valence electrons. The zero-order valence-corrected chi connectivity index (χ0v) is 11.0. The van der Waals surface area contributed by atoms with Gasteiger partial charge in [-0.25, -0.2) is 4.39 Å². The third kappa shape index (κ3) is 4.35. The van der Waals surface area contributed by atoms with Gasteiger partial charge in [0.15, 0.2) is 0 Å². The highest BCUT2D eigenvalue weighted by molar-refractivity contribution is 5.47. The van der Waals surface area contributed by atoms with Crippen LogP contribution in [0.15, 0.2) is 24.3 Å². The third-order valence-electron chi connectivity index (χ3n) is 3.13. The zero-order chi connectivity index (χ0) is 12.7. The number of benzene rings is 1. The number of para-hydroxylation sites is 1. The van der Waals surface area contributed by atoms with Gasteiger partial charge in [0, 0.05) is 19.1 Å². The average Bonchev–Trinajstić information content (AvgIpc) is 2.35. The molecule has 1 unspecified atom stereocenters. The highest BCUT2D eigenvalue weighted by Gasteiger charge is 2.09. The van der Waals surface area contributed by atoms with Crippen molar-refractivity contribution < 1.29 is 4.39 Å². The van der Waals surface area contributed by atoms with Crippen LogP contribution in [-0.4, -0.2) is 26.2 Å². The molecule has 0 saturated heterocycles. The molecule has 0 fully saturated rings. The van der Waals surface area contributed by atoms with E-state index in [0.29, 0.717) is 11.7 Å². The smallest absolute Gasteiger partial charge is 0.146 e. The molecule has 3 heteroatoms. The van der Waals surface area contributed by atoms with Gasteiger partial charge in [-0.05, 0) is 45.9 Å². The number of hydrogen-bond acceptors (Lipinski definition) is 2. The topological polar surface area (TPSA) is 15.3 Å². The van der Waals surface area contributed by atoms with E-state index in [1.54, 1.807) is 6.07 Å². The van der Waals surface area contributed by atoms with Crippen LogP contribution in [0.4, 0.5) is 10.1 Å². The molecule has 0 aliphatic heterocycles. The minimum atomic E-state index is -0.129. The van der Waals surface area contributed by atoms with Crippen molar-refractivity contribution in [1.29, 1.82) is 0 Å². The summed E-state index contributed by atoms with van der Waals surface area (Å²) in [6.45, 7) is 5.98. The largest absolute Gasteiger partial charge is 0.369 e. The van der Waals surface area contributed by atoms with Crippen LogP contribution in [-0.2, 0) is 0 Å². The van der Waals surface area contributed by atoms with Gasteiger partial charge in [0.05, 0.1) is 5.69 Å². The van der Waals surface area contributed by atoms with Crippen LogP contribution >= 0.6 is 0 Å². The van der Waals surface area contributed by atoms with Crippen LogP contribution in [0.3, 0.4) is 0 Å². The van der Waals surface area contributed by atoms with E-state index in [9.17, 15) is 4.39 Å². The Hall–Kier alpha value is -1.09. The van der Waals surface area contributed by atoms with E-state index in [0.717, 1.165) is 25.9 Å². The van der Waals surface area contributed by atoms with E-state index in [2.05, 4.69) is 24.1 Å². The Morgan fingerprint density at radius 3 is 2.65 bits per heavy atom. The molecule has 0 radical (unpaired) electrons. The van der Waals surface area contributed by atoms with Crippen molar-refractivity contribution >= 4 is 5.69 Å². The first-order valence-corrected chi connectivity index (χ1v) is 6.35. The Morgan fingerprint density at radius 2 is 2.06 bits per heavy atom. The van der Waals surface area contributed by atoms with E-state index in [4.69, 9.17) is 0 Å². The maximum Gasteiger partial charge on any atom is 0.146 e. The number of hydrogen-bond donors (Lipinski definition) is 1. The van der Waals surface area contributed by atoms with Crippen molar-refractivity contribution in [2.24, 2.45) is 0 Å². The van der Waals surface area contributed by atoms with Gasteiger partial charge in [-0.15, -0.1) is 0 Å². The fourth-order valence-corrected chi connectivity index (χ4v) is 1.89. The summed E-state index contributed by atoms with van der Waals surface area (Å²) in [5.74, 6) is -0.129. The van der Waals surface area contributed by atoms with Crippen molar-refractivity contribution in [3.63, 3.8) is 0 Å². The lowest BCUT2D eigenvalue weighted by atomic mass is 10.1. The van der Waals surface area contributed by atoms with Gasteiger partial charge < -0.3 is 10.2 Å². The molecule has 0 saturated carbocycles. The highest BCUT2D eigenvalue weighted by Crippen LogP contribution is 2.18. The van der Waals surface area contributed by atoms with Crippen molar-refractivity contribution in [1.82, 2.24) is 5.32 Å². The summed E-state index contributed by atoms with van der Waals surface area (Å²) < 4.78 is 13.6. The third-order valence-corrected chi connectivity index (χ3v) is 3.13. The molecule has 1 N–H and O–H groups in total. The van der Waals surface area contributed by atoms with Gasteiger partial charge in [-0.1, -0.05) is 12.1 Å². The summed E-state index contributed by atoms with van der Waals surface area (Å²) in [5, 5.41) is 3.22. The summed E-state index contributed by atoms with van der Waals surface area (Å²) in [6, 6.07) is 7.51. The first kappa shape index (κ1) is 14.0. The lowest BCUT2D eigenvalue weighted by molar-refractivity contribution is 0.536. The Labute approximate surface area is 104 Å². The maximum atomic E-state index is 13.6. The Bertz CT molecular complexity index is 328. The first-order valence-electron chi connectivity index (χ1n) is 6.35. The molecule has 0 amide bonds. The van der Waals surface area contributed by atoms with Crippen LogP contribution in [0.5, 0.6) is 0 Å². The van der Waals surface area contributed by atoms with Crippen molar-refractivity contribution in [2.45, 2.75) is 32.7 Å². The van der Waals surface area contributed by atoms with Crippen LogP contribution < -0.4 is 10.2 Å². The first-order chi connectivity index (χ1) is 8.19. The number of nitrogens with zero attached hydrogens (tertiary/aromatic N) is 1. The molecule has 0 aliphatic carbocycles. The number of nitrogens with one attached hydrogen (secondary N) is 1. The fourth-order valence-electron chi connectivity index (χ4n) is 1.89. The van der Waals surface area contributed by atoms with Crippen LogP contribution in [0, 0.1) is 5.82 Å². The number of rotatable bonds is 7. The summed E-state index contributed by atoms with van der Waals surface area (Å²) in [4.78, 5) is 2.09. The molecule has 0 aliphatic rings. The van der Waals surface area contributed by atoms with Gasteiger partial charge in [0.25, 0.3) is 0 Å². The molecule has 0 spiro atoms. The molecule has 1 aromatic carbocycles. The number of halogens is 1. The summed E-state index contributed by atoms with van der Waals surface area (Å²) in [7, 11) is 1.97. The van der Waals surface area contributed by atoms with Gasteiger partial charge >= 0.3 is 0 Å². The molecule has 0 bridgehead atoms. The number of anilines is 1. The van der Waals surface area contributed by atoms with Crippen molar-refractivity contribution in [3.05, 3.63) is 30.1 Å². The highest BCUT2D eigenvalue weighted by atomic mass is 19.1. The van der Waals surface area contributed by atoms with E-state index in [1.165, 1.54) is 6.07 Å². The van der Waals surface area contributed by atoms with Crippen LogP contribution in [0.25, 0.3) is 0 Å². The standard InChI is InChI=1S/C14H23FN2/c1-4-17(11-7-8-12(2)16-3)14-10-6-5-9-13(14)15/h5-6,9-10,12,16H,4,7-8,11H2,1-3H3. The normalized spacial score (nSPS) is 12.5. The van der Waals surface area contributed by atoms with Crippen LogP contribution in [0.1, 0.15) is 26.7 Å². The van der Waals surface area contributed by atoms with Gasteiger partial charge in [-0.3, -0.25) is 0 Å². The van der Waals surface area contributed by atoms with E-state index in [-0.39, 0.29) is 5.82 Å². The van der Waals surface area contributed by atoms with Crippen molar-refractivity contribution in [3.8, 4) is 0 Å². The predicted octanol–water partition coefficient (Wildman–Crippen LogP) is 3.04. The molecular formula is C14H23FN2. The molecule has 0 heterocycles. The van der Waals surface area contributed by atoms with Crippen molar-refractivity contribution in [2.75, 3.05) is 25.0 Å². The van der Waals surface area contributed by atoms with E-state index in [1.807, 2.05) is 19.2 Å². The monoisotopic (exact) mass is 238 g/mol. The summed E-state index contributed by atoms with van der Waals surface area (Å²) >= 11 is 0. The Balaban J connectivity index is 2.52. The summed E-state index contributed by atoms with van der Waals surface area (Å²) in [6.07, 6.45) is 2.19.